The molecule has 16 nitrogen and oxygen atoms in total. The number of halogens is 5. The normalized spacial score (nSPS) is 12.5. The molecule has 0 saturated heterocycles. The van der Waals surface area contributed by atoms with Crippen molar-refractivity contribution >= 4 is 127 Å². The van der Waals surface area contributed by atoms with Gasteiger partial charge in [0.25, 0.3) is 23.6 Å². The van der Waals surface area contributed by atoms with Crippen LogP contribution in [-0.4, -0.2) is 61.5 Å². The summed E-state index contributed by atoms with van der Waals surface area (Å²) in [6.07, 6.45) is 0. The number of Topliss-reactive ketones (excluding diaryl/α,β-unsaturated/α-hetero) is 2. The van der Waals surface area contributed by atoms with E-state index in [9.17, 15) is 28.8 Å². The molecule has 5 aromatic rings. The maximum Gasteiger partial charge on any atom is 0.258 e. The molecule has 348 valence electrons. The lowest BCUT2D eigenvalue weighted by Crippen LogP contribution is -2.32. The van der Waals surface area contributed by atoms with Crippen molar-refractivity contribution in [1.29, 1.82) is 0 Å². The summed E-state index contributed by atoms with van der Waals surface area (Å²) in [7, 11) is 2.91. The average Bonchev–Trinajstić information content (AvgIpc) is 3.30. The smallest absolute Gasteiger partial charge is 0.258 e. The number of carbonyl (C=O) groups excluding carboxylic acids is 6. The predicted octanol–water partition coefficient (Wildman–Crippen LogP) is 11.7. The summed E-state index contributed by atoms with van der Waals surface area (Å²) in [6, 6.07) is 19.7. The first-order valence-electron chi connectivity index (χ1n) is 19.9. The number of carbonyl (C=O) groups is 6. The van der Waals surface area contributed by atoms with Gasteiger partial charge in [0.2, 0.25) is 12.1 Å². The Hall–Kier alpha value is -6.43. The van der Waals surface area contributed by atoms with Crippen molar-refractivity contribution in [2.75, 3.05) is 35.5 Å². The molecule has 0 aliphatic carbocycles. The lowest BCUT2D eigenvalue weighted by atomic mass is 10.1. The quantitative estimate of drug-likeness (QED) is 0.0353. The molecule has 0 radical (unpaired) electrons. The van der Waals surface area contributed by atoms with Crippen molar-refractivity contribution in [2.24, 2.45) is 20.5 Å². The van der Waals surface area contributed by atoms with Gasteiger partial charge in [0.05, 0.1) is 41.0 Å². The van der Waals surface area contributed by atoms with E-state index in [1.807, 2.05) is 0 Å². The number of amides is 4. The fourth-order valence-electron chi connectivity index (χ4n) is 6.20. The number of rotatable bonds is 19. The number of hydrogen-bond acceptors (Lipinski definition) is 12. The van der Waals surface area contributed by atoms with E-state index in [0.717, 1.165) is 13.8 Å². The number of nitrogens with one attached hydrogen (secondary N) is 4. The number of benzene rings is 5. The van der Waals surface area contributed by atoms with Crippen LogP contribution in [0.15, 0.2) is 111 Å². The van der Waals surface area contributed by atoms with E-state index in [0.29, 0.717) is 39.6 Å². The number of hydrogen-bond donors (Lipinski definition) is 4. The van der Waals surface area contributed by atoms with Crippen molar-refractivity contribution in [3.8, 4) is 11.5 Å². The molecule has 3 unspecified atom stereocenters. The molecular formula is C46H41Cl5N8O8. The molecule has 0 bridgehead atoms. The van der Waals surface area contributed by atoms with Crippen LogP contribution in [0.2, 0.25) is 10.0 Å². The molecule has 0 heterocycles. The maximum absolute atomic E-state index is 13.5. The molecule has 5 aromatic carbocycles. The molecule has 0 spiro atoms. The minimum atomic E-state index is -1.66. The minimum absolute atomic E-state index is 0.00145. The predicted molar refractivity (Wildman–Crippen MR) is 260 cm³/mol. The second kappa shape index (κ2) is 23.8. The van der Waals surface area contributed by atoms with Crippen LogP contribution in [0.4, 0.5) is 34.1 Å². The lowest BCUT2D eigenvalue weighted by molar-refractivity contribution is -0.127. The largest absolute Gasteiger partial charge is 0.495 e. The molecule has 0 aromatic heterocycles. The summed E-state index contributed by atoms with van der Waals surface area (Å²) in [4.78, 5) is 79.0. The minimum Gasteiger partial charge on any atom is -0.495 e. The highest BCUT2D eigenvalue weighted by Gasteiger charge is 2.27. The Labute approximate surface area is 409 Å². The Kier molecular flexibility index (Phi) is 18.3. The zero-order valence-corrected chi connectivity index (χ0v) is 40.0. The lowest BCUT2D eigenvalue weighted by Gasteiger charge is -2.17. The summed E-state index contributed by atoms with van der Waals surface area (Å²) in [6.45, 7) is 3.90. The van der Waals surface area contributed by atoms with Crippen LogP contribution in [0.3, 0.4) is 0 Å². The van der Waals surface area contributed by atoms with Gasteiger partial charge < -0.3 is 30.7 Å². The summed E-state index contributed by atoms with van der Waals surface area (Å²) >= 11 is 31.4. The van der Waals surface area contributed by atoms with Crippen LogP contribution in [-0.2, 0) is 30.9 Å². The number of azo groups is 2. The van der Waals surface area contributed by atoms with Crippen LogP contribution in [0.5, 0.6) is 11.5 Å². The first-order valence-corrected chi connectivity index (χ1v) is 22.1. The van der Waals surface area contributed by atoms with E-state index in [1.54, 1.807) is 43.3 Å². The van der Waals surface area contributed by atoms with Crippen LogP contribution in [0.25, 0.3) is 0 Å². The molecular weight excluding hydrogens is 970 g/mol. The second-order valence-corrected chi connectivity index (χ2v) is 16.4. The van der Waals surface area contributed by atoms with Gasteiger partial charge in [-0.05, 0) is 104 Å². The summed E-state index contributed by atoms with van der Waals surface area (Å²) < 4.78 is 10.7. The molecule has 5 rings (SSSR count). The second-order valence-electron chi connectivity index (χ2n) is 14.4. The Balaban J connectivity index is 1.30. The molecule has 3 atom stereocenters. The number of ketones is 2. The standard InChI is InChI=1S/C46H41Cl5N8O8/c1-23(49)31-20-30(52-45(64)39(24(2)60)58-56-35-18-26(12-15-32(35)50)43(62)54-41-28(21-47)8-6-10-37(41)66-4)14-17-34(31)53-46(65)40(25(3)61)59-57-36-19-27(13-16-33(36)51)44(63)55-42-29(22-48)9-7-11-38(42)67-5/h6-20,23,39-40H,21-22H2,1-5H3,(H,52,64)(H,53,65)(H,54,62)(H,55,63). The van der Waals surface area contributed by atoms with Crippen molar-refractivity contribution < 1.29 is 38.2 Å². The van der Waals surface area contributed by atoms with E-state index in [1.165, 1.54) is 68.8 Å². The number of anilines is 4. The first-order chi connectivity index (χ1) is 32.0. The Morgan fingerprint density at radius 2 is 1.04 bits per heavy atom. The Bertz CT molecular complexity index is 2740. The van der Waals surface area contributed by atoms with E-state index in [-0.39, 0.29) is 55.7 Å². The highest BCUT2D eigenvalue weighted by atomic mass is 35.5. The fourth-order valence-corrected chi connectivity index (χ4v) is 7.14. The van der Waals surface area contributed by atoms with Gasteiger partial charge in [-0.2, -0.15) is 20.5 Å². The van der Waals surface area contributed by atoms with Crippen LogP contribution >= 0.6 is 58.0 Å². The summed E-state index contributed by atoms with van der Waals surface area (Å²) in [5.74, 6) is -3.18. The van der Waals surface area contributed by atoms with Crippen molar-refractivity contribution in [2.45, 2.75) is 50.0 Å². The van der Waals surface area contributed by atoms with Gasteiger partial charge in [0.1, 0.15) is 22.9 Å². The molecule has 0 fully saturated rings. The zero-order valence-electron chi connectivity index (χ0n) is 36.3. The van der Waals surface area contributed by atoms with E-state index in [4.69, 9.17) is 67.5 Å². The third-order valence-electron chi connectivity index (χ3n) is 9.68. The fraction of sp³-hybridized carbons (Fsp3) is 0.217. The highest BCUT2D eigenvalue weighted by Crippen LogP contribution is 2.35. The number of alkyl halides is 3. The van der Waals surface area contributed by atoms with E-state index >= 15 is 0 Å². The summed E-state index contributed by atoms with van der Waals surface area (Å²) in [5, 5.41) is 26.2. The number of para-hydroxylation sites is 2. The number of methoxy groups -OCH3 is 2. The molecule has 21 heteroatoms. The van der Waals surface area contributed by atoms with E-state index < -0.39 is 52.7 Å². The molecule has 4 amide bonds. The molecule has 0 saturated carbocycles. The highest BCUT2D eigenvalue weighted by molar-refractivity contribution is 6.33. The Morgan fingerprint density at radius 3 is 1.45 bits per heavy atom. The molecule has 67 heavy (non-hydrogen) atoms. The summed E-state index contributed by atoms with van der Waals surface area (Å²) in [5.41, 5.74) is 2.90. The number of ether oxygens (including phenoxy) is 2. The zero-order chi connectivity index (χ0) is 48.9. The van der Waals surface area contributed by atoms with Gasteiger partial charge in [-0.3, -0.25) is 28.8 Å². The molecule has 4 N–H and O–H groups in total. The van der Waals surface area contributed by atoms with Crippen LogP contribution in [0.1, 0.15) is 63.6 Å². The van der Waals surface area contributed by atoms with Crippen molar-refractivity contribution in [3.05, 3.63) is 129 Å². The monoisotopic (exact) mass is 1010 g/mol. The van der Waals surface area contributed by atoms with Gasteiger partial charge >= 0.3 is 0 Å². The van der Waals surface area contributed by atoms with Crippen molar-refractivity contribution in [3.63, 3.8) is 0 Å². The van der Waals surface area contributed by atoms with Crippen LogP contribution < -0.4 is 30.7 Å². The van der Waals surface area contributed by atoms with Gasteiger partial charge in [-0.15, -0.1) is 34.8 Å². The third kappa shape index (κ3) is 13.1. The van der Waals surface area contributed by atoms with Gasteiger partial charge in [-0.25, -0.2) is 0 Å². The topological polar surface area (TPSA) is 218 Å². The SMILES string of the molecule is COc1cccc(CCl)c1NC(=O)c1ccc(Cl)c(N=NC(C(C)=O)C(=O)Nc2ccc(NC(=O)C(N=Nc3cc(C(=O)Nc4c(CCl)cccc4OC)ccc3Cl)C(C)=O)c(C(C)Cl)c2)c1. The number of nitrogens with zero attached hydrogens (tertiary/aromatic N) is 4. The van der Waals surface area contributed by atoms with E-state index in [2.05, 4.69) is 41.7 Å². The molecule has 0 aliphatic heterocycles. The van der Waals surface area contributed by atoms with Gasteiger partial charge in [0, 0.05) is 34.3 Å². The molecule has 0 aliphatic rings. The maximum atomic E-state index is 13.5. The van der Waals surface area contributed by atoms with Gasteiger partial charge in [-0.1, -0.05) is 47.5 Å². The van der Waals surface area contributed by atoms with Crippen molar-refractivity contribution in [1.82, 2.24) is 0 Å². The van der Waals surface area contributed by atoms with Gasteiger partial charge in [0.15, 0.2) is 11.6 Å². The first kappa shape index (κ1) is 51.6. The third-order valence-corrected chi connectivity index (χ3v) is 11.1. The average molecular weight is 1010 g/mol. The Morgan fingerprint density at radius 1 is 0.597 bits per heavy atom. The van der Waals surface area contributed by atoms with Crippen LogP contribution in [0, 0.1) is 0 Å².